The molecule has 1 aromatic heterocycles. The van der Waals surface area contributed by atoms with Crippen LogP contribution in [-0.2, 0) is 6.42 Å². The summed E-state index contributed by atoms with van der Waals surface area (Å²) in [5.41, 5.74) is 11.1. The molecule has 0 aliphatic rings. The van der Waals surface area contributed by atoms with Crippen molar-refractivity contribution < 1.29 is 4.42 Å². The Morgan fingerprint density at radius 2 is 1.94 bits per heavy atom. The summed E-state index contributed by atoms with van der Waals surface area (Å²) in [7, 11) is 0. The van der Waals surface area contributed by atoms with Crippen LogP contribution < -0.4 is 5.73 Å². The van der Waals surface area contributed by atoms with Crippen molar-refractivity contribution in [1.29, 1.82) is 0 Å². The number of benzene rings is 1. The van der Waals surface area contributed by atoms with Crippen molar-refractivity contribution in [3.63, 3.8) is 0 Å². The summed E-state index contributed by atoms with van der Waals surface area (Å²) in [6.45, 7) is 6.27. The van der Waals surface area contributed by atoms with Crippen molar-refractivity contribution in [1.82, 2.24) is 0 Å². The van der Waals surface area contributed by atoms with Gasteiger partial charge in [0.15, 0.2) is 0 Å². The molecule has 0 aliphatic heterocycles. The number of hydrogen-bond acceptors (Lipinski definition) is 2. The molecule has 0 aliphatic carbocycles. The molecular formula is C15H19NO. The van der Waals surface area contributed by atoms with Gasteiger partial charge in [0.25, 0.3) is 0 Å². The average Bonchev–Trinajstić information content (AvgIpc) is 2.79. The first-order valence-electron chi connectivity index (χ1n) is 6.02. The van der Waals surface area contributed by atoms with Crippen LogP contribution in [0.2, 0.25) is 0 Å². The molecule has 0 amide bonds. The first-order valence-corrected chi connectivity index (χ1v) is 6.02. The summed E-state index contributed by atoms with van der Waals surface area (Å²) in [4.78, 5) is 0. The van der Waals surface area contributed by atoms with Gasteiger partial charge in [-0.05, 0) is 31.0 Å². The van der Waals surface area contributed by atoms with Crippen LogP contribution in [0.15, 0.2) is 34.9 Å². The number of aryl methyl sites for hydroxylation is 3. The van der Waals surface area contributed by atoms with Gasteiger partial charge in [0.05, 0.1) is 12.3 Å². The molecule has 1 aromatic carbocycles. The van der Waals surface area contributed by atoms with E-state index >= 15 is 0 Å². The van der Waals surface area contributed by atoms with E-state index in [1.807, 2.05) is 6.07 Å². The Labute approximate surface area is 102 Å². The predicted octanol–water partition coefficient (Wildman–Crippen LogP) is 3.51. The van der Waals surface area contributed by atoms with E-state index in [9.17, 15) is 0 Å². The topological polar surface area (TPSA) is 39.2 Å². The molecule has 0 saturated carbocycles. The van der Waals surface area contributed by atoms with Gasteiger partial charge in [-0.2, -0.15) is 0 Å². The maximum atomic E-state index is 6.35. The van der Waals surface area contributed by atoms with Gasteiger partial charge in [0.1, 0.15) is 5.76 Å². The Hall–Kier alpha value is -1.54. The van der Waals surface area contributed by atoms with Gasteiger partial charge in [-0.1, -0.05) is 30.7 Å². The number of nitrogens with two attached hydrogens (primary N) is 1. The summed E-state index contributed by atoms with van der Waals surface area (Å²) >= 11 is 0. The highest BCUT2D eigenvalue weighted by molar-refractivity contribution is 5.39. The van der Waals surface area contributed by atoms with Crippen LogP contribution in [0, 0.1) is 13.8 Å². The minimum absolute atomic E-state index is 0.0939. The third-order valence-corrected chi connectivity index (χ3v) is 3.21. The second-order valence-corrected chi connectivity index (χ2v) is 4.49. The van der Waals surface area contributed by atoms with E-state index in [1.165, 1.54) is 16.7 Å². The second kappa shape index (κ2) is 4.76. The van der Waals surface area contributed by atoms with Gasteiger partial charge in [0.2, 0.25) is 0 Å². The number of rotatable bonds is 3. The lowest BCUT2D eigenvalue weighted by molar-refractivity contribution is 0.509. The fourth-order valence-corrected chi connectivity index (χ4v) is 2.18. The molecule has 0 saturated heterocycles. The fourth-order valence-electron chi connectivity index (χ4n) is 2.18. The average molecular weight is 229 g/mol. The molecule has 1 unspecified atom stereocenters. The quantitative estimate of drug-likeness (QED) is 0.874. The first-order chi connectivity index (χ1) is 8.13. The zero-order chi connectivity index (χ0) is 12.4. The molecule has 90 valence electrons. The highest BCUT2D eigenvalue weighted by Crippen LogP contribution is 2.27. The van der Waals surface area contributed by atoms with Gasteiger partial charge < -0.3 is 10.2 Å². The van der Waals surface area contributed by atoms with E-state index in [4.69, 9.17) is 10.2 Å². The minimum atomic E-state index is -0.0939. The van der Waals surface area contributed by atoms with E-state index in [-0.39, 0.29) is 6.04 Å². The summed E-state index contributed by atoms with van der Waals surface area (Å²) in [5.74, 6) is 0.985. The van der Waals surface area contributed by atoms with Crippen molar-refractivity contribution in [2.75, 3.05) is 0 Å². The smallest absolute Gasteiger partial charge is 0.108 e. The summed E-state index contributed by atoms with van der Waals surface area (Å²) < 4.78 is 5.45. The molecule has 1 heterocycles. The predicted molar refractivity (Wildman–Crippen MR) is 70.0 cm³/mol. The Kier molecular flexibility index (Phi) is 3.34. The first kappa shape index (κ1) is 11.9. The molecular weight excluding hydrogens is 210 g/mol. The molecule has 2 heteroatoms. The van der Waals surface area contributed by atoms with Crippen molar-refractivity contribution in [3.05, 3.63) is 58.5 Å². The molecule has 2 aromatic rings. The molecule has 0 bridgehead atoms. The van der Waals surface area contributed by atoms with Crippen LogP contribution in [0.5, 0.6) is 0 Å². The van der Waals surface area contributed by atoms with Crippen LogP contribution in [0.3, 0.4) is 0 Å². The monoisotopic (exact) mass is 229 g/mol. The van der Waals surface area contributed by atoms with Gasteiger partial charge >= 0.3 is 0 Å². The van der Waals surface area contributed by atoms with Gasteiger partial charge in [-0.3, -0.25) is 0 Å². The van der Waals surface area contributed by atoms with Crippen molar-refractivity contribution in [2.45, 2.75) is 33.2 Å². The third-order valence-electron chi connectivity index (χ3n) is 3.21. The molecule has 0 spiro atoms. The van der Waals surface area contributed by atoms with E-state index in [0.29, 0.717) is 0 Å². The normalized spacial score (nSPS) is 12.7. The van der Waals surface area contributed by atoms with Crippen LogP contribution in [0.4, 0.5) is 0 Å². The van der Waals surface area contributed by atoms with Gasteiger partial charge in [0, 0.05) is 12.0 Å². The molecule has 2 rings (SSSR count). The highest BCUT2D eigenvalue weighted by Gasteiger charge is 2.16. The molecule has 0 radical (unpaired) electrons. The lowest BCUT2D eigenvalue weighted by atomic mass is 9.94. The van der Waals surface area contributed by atoms with Gasteiger partial charge in [-0.25, -0.2) is 0 Å². The van der Waals surface area contributed by atoms with Crippen LogP contribution in [0.1, 0.15) is 41.0 Å². The van der Waals surface area contributed by atoms with Crippen LogP contribution in [-0.4, -0.2) is 0 Å². The lowest BCUT2D eigenvalue weighted by Gasteiger charge is -2.15. The molecule has 0 fully saturated rings. The Morgan fingerprint density at radius 3 is 2.65 bits per heavy atom. The maximum Gasteiger partial charge on any atom is 0.108 e. The standard InChI is InChI=1S/C15H19NO/c1-4-14-12(7-8-17-14)15(16)13-9-10(2)5-6-11(13)3/h5-9,15H,4,16H2,1-3H3. The molecule has 2 nitrogen and oxygen atoms in total. The summed E-state index contributed by atoms with van der Waals surface area (Å²) in [6.07, 6.45) is 2.60. The molecule has 1 atom stereocenters. The summed E-state index contributed by atoms with van der Waals surface area (Å²) in [5, 5.41) is 0. The van der Waals surface area contributed by atoms with E-state index in [1.54, 1.807) is 6.26 Å². The third kappa shape index (κ3) is 2.27. The second-order valence-electron chi connectivity index (χ2n) is 4.49. The molecule has 2 N–H and O–H groups in total. The minimum Gasteiger partial charge on any atom is -0.469 e. The fraction of sp³-hybridized carbons (Fsp3) is 0.333. The Balaban J connectivity index is 2.43. The lowest BCUT2D eigenvalue weighted by Crippen LogP contribution is -2.14. The zero-order valence-corrected chi connectivity index (χ0v) is 10.7. The van der Waals surface area contributed by atoms with E-state index in [0.717, 1.165) is 17.7 Å². The van der Waals surface area contributed by atoms with Crippen molar-refractivity contribution >= 4 is 0 Å². The van der Waals surface area contributed by atoms with E-state index < -0.39 is 0 Å². The van der Waals surface area contributed by atoms with Crippen molar-refractivity contribution in [3.8, 4) is 0 Å². The maximum absolute atomic E-state index is 6.35. The van der Waals surface area contributed by atoms with Gasteiger partial charge in [-0.15, -0.1) is 0 Å². The molecule has 17 heavy (non-hydrogen) atoms. The van der Waals surface area contributed by atoms with Crippen molar-refractivity contribution in [2.24, 2.45) is 5.73 Å². The highest BCUT2D eigenvalue weighted by atomic mass is 16.3. The summed E-state index contributed by atoms with van der Waals surface area (Å²) in [6, 6.07) is 8.28. The Morgan fingerprint density at radius 1 is 1.18 bits per heavy atom. The number of furan rings is 1. The van der Waals surface area contributed by atoms with Crippen LogP contribution in [0.25, 0.3) is 0 Å². The largest absolute Gasteiger partial charge is 0.469 e. The van der Waals surface area contributed by atoms with Crippen LogP contribution >= 0.6 is 0 Å². The number of hydrogen-bond donors (Lipinski definition) is 1. The SMILES string of the molecule is CCc1occc1C(N)c1cc(C)ccc1C. The Bertz CT molecular complexity index is 513. The zero-order valence-electron chi connectivity index (χ0n) is 10.7. The van der Waals surface area contributed by atoms with E-state index in [2.05, 4.69) is 39.0 Å².